The molecule has 0 fully saturated rings. The summed E-state index contributed by atoms with van der Waals surface area (Å²) < 4.78 is 0. The molecule has 0 saturated heterocycles. The third-order valence-corrected chi connectivity index (χ3v) is 7.79. The van der Waals surface area contributed by atoms with E-state index in [2.05, 4.69) is 12.1 Å². The maximum atomic E-state index is 13.9. The van der Waals surface area contributed by atoms with E-state index in [1.165, 1.54) is 0 Å². The molecule has 1 aliphatic rings. The summed E-state index contributed by atoms with van der Waals surface area (Å²) in [6.07, 6.45) is 0. The summed E-state index contributed by atoms with van der Waals surface area (Å²) in [5, 5.41) is 0. The van der Waals surface area contributed by atoms with Crippen LogP contribution in [0.15, 0.2) is 36.4 Å². The summed E-state index contributed by atoms with van der Waals surface area (Å²) in [4.78, 5) is 32.3. The van der Waals surface area contributed by atoms with Crippen LogP contribution in [0.2, 0.25) is 0 Å². The van der Waals surface area contributed by atoms with Crippen LogP contribution in [0, 0.1) is 34.6 Å². The van der Waals surface area contributed by atoms with Crippen molar-refractivity contribution in [3.05, 3.63) is 78.2 Å². The van der Waals surface area contributed by atoms with Gasteiger partial charge in [0.15, 0.2) is 11.6 Å². The molecule has 4 rings (SSSR count). The van der Waals surface area contributed by atoms with Gasteiger partial charge < -0.3 is 0 Å². The van der Waals surface area contributed by atoms with Crippen molar-refractivity contribution in [2.24, 2.45) is 0 Å². The van der Waals surface area contributed by atoms with E-state index in [9.17, 15) is 9.59 Å². The summed E-state index contributed by atoms with van der Waals surface area (Å²) in [6.45, 7) is 11.9. The zero-order valence-electron chi connectivity index (χ0n) is 17.6. The van der Waals surface area contributed by atoms with E-state index >= 15 is 0 Å². The van der Waals surface area contributed by atoms with Gasteiger partial charge in [0.05, 0.1) is 0 Å². The smallest absolute Gasteiger partial charge is 0.182 e. The number of benzene rings is 1. The number of hydrogen-bond acceptors (Lipinski definition) is 4. The molecule has 0 aliphatic heterocycles. The first-order chi connectivity index (χ1) is 13.6. The fourth-order valence-corrected chi connectivity index (χ4v) is 6.11. The van der Waals surface area contributed by atoms with Gasteiger partial charge in [0, 0.05) is 30.7 Å². The van der Waals surface area contributed by atoms with Crippen molar-refractivity contribution in [3.8, 4) is 0 Å². The van der Waals surface area contributed by atoms with E-state index in [0.717, 1.165) is 41.8 Å². The van der Waals surface area contributed by atoms with Gasteiger partial charge >= 0.3 is 0 Å². The van der Waals surface area contributed by atoms with Gasteiger partial charge in [-0.25, -0.2) is 0 Å². The van der Waals surface area contributed by atoms with Crippen LogP contribution in [0.5, 0.6) is 0 Å². The summed E-state index contributed by atoms with van der Waals surface area (Å²) in [7, 11) is 0. The van der Waals surface area contributed by atoms with Crippen molar-refractivity contribution in [1.29, 1.82) is 0 Å². The number of allylic oxidation sites excluding steroid dienone is 2. The van der Waals surface area contributed by atoms with Crippen LogP contribution >= 0.6 is 22.7 Å². The maximum absolute atomic E-state index is 13.9. The van der Waals surface area contributed by atoms with Gasteiger partial charge in [-0.1, -0.05) is 29.8 Å². The SMILES string of the molecule is Cc1ccc(C2(C)C(=O)C(c3cc(C)sc3C)=C(c3cc(C)sc3C)C2=O)cc1. The van der Waals surface area contributed by atoms with Crippen LogP contribution in [0.25, 0.3) is 11.1 Å². The van der Waals surface area contributed by atoms with Crippen molar-refractivity contribution in [3.63, 3.8) is 0 Å². The minimum absolute atomic E-state index is 0.0921. The summed E-state index contributed by atoms with van der Waals surface area (Å²) in [6, 6.07) is 11.9. The average Bonchev–Trinajstić information content (AvgIpc) is 3.23. The van der Waals surface area contributed by atoms with Crippen molar-refractivity contribution in [2.45, 2.75) is 47.0 Å². The van der Waals surface area contributed by atoms with E-state index in [4.69, 9.17) is 0 Å². The molecule has 0 spiro atoms. The fourth-order valence-electron chi connectivity index (χ4n) is 4.25. The van der Waals surface area contributed by atoms with Gasteiger partial charge in [-0.15, -0.1) is 22.7 Å². The fraction of sp³-hybridized carbons (Fsp3) is 0.280. The first kappa shape index (κ1) is 20.0. The number of Topliss-reactive ketones (excluding diaryl/α,β-unsaturated/α-hetero) is 2. The Morgan fingerprint density at radius 2 is 1.10 bits per heavy atom. The van der Waals surface area contributed by atoms with Crippen LogP contribution in [-0.4, -0.2) is 11.6 Å². The number of hydrogen-bond donors (Lipinski definition) is 0. The maximum Gasteiger partial charge on any atom is 0.182 e. The molecule has 2 aromatic heterocycles. The highest BCUT2D eigenvalue weighted by Gasteiger charge is 2.53. The molecule has 2 nitrogen and oxygen atoms in total. The molecule has 0 saturated carbocycles. The molecular formula is C25H24O2S2. The molecule has 29 heavy (non-hydrogen) atoms. The highest BCUT2D eigenvalue weighted by Crippen LogP contribution is 2.49. The number of carbonyl (C=O) groups is 2. The number of aryl methyl sites for hydroxylation is 5. The van der Waals surface area contributed by atoms with Gasteiger partial charge in [0.25, 0.3) is 0 Å². The largest absolute Gasteiger partial charge is 0.293 e. The molecular weight excluding hydrogens is 396 g/mol. The standard InChI is InChI=1S/C25H24O2S2/c1-13-7-9-18(10-8-13)25(6)23(26)21(19-11-14(2)28-16(19)4)22(24(25)27)20-12-15(3)29-17(20)5/h7-12H,1-6H3. The highest BCUT2D eigenvalue weighted by atomic mass is 32.1. The second-order valence-electron chi connectivity index (χ2n) is 8.05. The number of carbonyl (C=O) groups excluding carboxylic acids is 2. The summed E-state index contributed by atoms with van der Waals surface area (Å²) in [5.41, 5.74) is 3.65. The zero-order valence-corrected chi connectivity index (χ0v) is 19.2. The predicted molar refractivity (Wildman–Crippen MR) is 123 cm³/mol. The molecule has 0 radical (unpaired) electrons. The summed E-state index contributed by atoms with van der Waals surface area (Å²) in [5.74, 6) is -0.184. The van der Waals surface area contributed by atoms with Gasteiger partial charge in [-0.2, -0.15) is 0 Å². The Morgan fingerprint density at radius 3 is 1.45 bits per heavy atom. The minimum Gasteiger partial charge on any atom is -0.293 e. The van der Waals surface area contributed by atoms with Crippen LogP contribution < -0.4 is 0 Å². The Kier molecular flexibility index (Phi) is 4.75. The average molecular weight is 421 g/mol. The lowest BCUT2D eigenvalue weighted by Gasteiger charge is -2.22. The topological polar surface area (TPSA) is 34.1 Å². The Morgan fingerprint density at radius 1 is 0.690 bits per heavy atom. The van der Waals surface area contributed by atoms with E-state index in [0.29, 0.717) is 11.1 Å². The third-order valence-electron chi connectivity index (χ3n) is 5.86. The molecule has 1 aliphatic carbocycles. The van der Waals surface area contributed by atoms with Gasteiger partial charge in [0.2, 0.25) is 0 Å². The van der Waals surface area contributed by atoms with Crippen molar-refractivity contribution < 1.29 is 9.59 Å². The quantitative estimate of drug-likeness (QED) is 0.461. The molecule has 148 valence electrons. The van der Waals surface area contributed by atoms with Gasteiger partial charge in [-0.3, -0.25) is 9.59 Å². The Hall–Kier alpha value is -2.30. The van der Waals surface area contributed by atoms with Crippen molar-refractivity contribution in [1.82, 2.24) is 0 Å². The zero-order chi connectivity index (χ0) is 21.1. The molecule has 0 amide bonds. The molecule has 0 bridgehead atoms. The Bertz CT molecular complexity index is 1120. The van der Waals surface area contributed by atoms with Crippen LogP contribution in [0.1, 0.15) is 48.7 Å². The Balaban J connectivity index is 2.02. The lowest BCUT2D eigenvalue weighted by molar-refractivity contribution is -0.126. The van der Waals surface area contributed by atoms with E-state index in [-0.39, 0.29) is 11.6 Å². The highest BCUT2D eigenvalue weighted by molar-refractivity contribution is 7.12. The molecule has 2 heterocycles. The lowest BCUT2D eigenvalue weighted by atomic mass is 9.76. The monoisotopic (exact) mass is 420 g/mol. The Labute approximate surface area is 179 Å². The van der Waals surface area contributed by atoms with Gasteiger partial charge in [0.1, 0.15) is 5.41 Å². The van der Waals surface area contributed by atoms with Gasteiger partial charge in [-0.05, 0) is 70.4 Å². The van der Waals surface area contributed by atoms with Crippen LogP contribution in [0.4, 0.5) is 0 Å². The molecule has 0 atom stereocenters. The normalized spacial score (nSPS) is 16.2. The van der Waals surface area contributed by atoms with Crippen LogP contribution in [0.3, 0.4) is 0 Å². The molecule has 0 unspecified atom stereocenters. The van der Waals surface area contributed by atoms with E-state index in [1.54, 1.807) is 29.6 Å². The molecule has 0 N–H and O–H groups in total. The molecule has 1 aromatic carbocycles. The first-order valence-electron chi connectivity index (χ1n) is 9.70. The summed E-state index contributed by atoms with van der Waals surface area (Å²) >= 11 is 3.34. The van der Waals surface area contributed by atoms with Crippen LogP contribution in [-0.2, 0) is 15.0 Å². The lowest BCUT2D eigenvalue weighted by Crippen LogP contribution is -2.36. The van der Waals surface area contributed by atoms with Crippen molar-refractivity contribution in [2.75, 3.05) is 0 Å². The first-order valence-corrected chi connectivity index (χ1v) is 11.3. The second kappa shape index (κ2) is 6.89. The number of ketones is 2. The minimum atomic E-state index is -1.19. The third kappa shape index (κ3) is 2.97. The van der Waals surface area contributed by atoms with E-state index < -0.39 is 5.41 Å². The van der Waals surface area contributed by atoms with Crippen molar-refractivity contribution >= 4 is 45.4 Å². The predicted octanol–water partition coefficient (Wildman–Crippen LogP) is 6.37. The number of thiophene rings is 2. The molecule has 4 heteroatoms. The second-order valence-corrected chi connectivity index (χ2v) is 11.0. The number of rotatable bonds is 3. The molecule has 3 aromatic rings. The van der Waals surface area contributed by atoms with E-state index in [1.807, 2.05) is 58.9 Å².